The fraction of sp³-hybridized carbons (Fsp3) is 0.447. The van der Waals surface area contributed by atoms with Gasteiger partial charge in [0, 0.05) is 71.5 Å². The molecule has 0 aliphatic carbocycles. The van der Waals surface area contributed by atoms with Gasteiger partial charge in [-0.25, -0.2) is 0 Å². The zero-order valence-corrected chi connectivity index (χ0v) is 36.2. The van der Waals surface area contributed by atoms with Crippen LogP contribution in [0.1, 0.15) is 119 Å². The van der Waals surface area contributed by atoms with Crippen molar-refractivity contribution in [2.75, 3.05) is 0 Å². The maximum Gasteiger partial charge on any atom is 0.177 e. The van der Waals surface area contributed by atoms with Crippen LogP contribution in [-0.4, -0.2) is 15.9 Å². The Balaban J connectivity index is 0.000000299. The van der Waals surface area contributed by atoms with Crippen molar-refractivity contribution in [2.24, 2.45) is 16.7 Å². The van der Waals surface area contributed by atoms with Gasteiger partial charge in [0.1, 0.15) is 17.1 Å². The number of aliphatic hydroxyl groups is 1. The summed E-state index contributed by atoms with van der Waals surface area (Å²) in [5.74, 6) is 1.85. The van der Waals surface area contributed by atoms with E-state index in [2.05, 4.69) is 90.1 Å². The van der Waals surface area contributed by atoms with E-state index in [0.29, 0.717) is 5.92 Å². The van der Waals surface area contributed by atoms with Crippen molar-refractivity contribution in [1.29, 1.82) is 0 Å². The summed E-state index contributed by atoms with van der Waals surface area (Å²) in [7, 11) is 0. The normalized spacial score (nSPS) is 12.8. The van der Waals surface area contributed by atoms with Crippen molar-refractivity contribution >= 4 is 49.5 Å². The maximum absolute atomic E-state index is 12.2. The Morgan fingerprint density at radius 3 is 2.06 bits per heavy atom. The molecule has 6 rings (SSSR count). The molecule has 5 nitrogen and oxygen atoms in total. The Labute approximate surface area is 330 Å². The molecule has 1 radical (unpaired) electrons. The predicted molar refractivity (Wildman–Crippen MR) is 218 cm³/mol. The van der Waals surface area contributed by atoms with Crippen LogP contribution in [0.3, 0.4) is 0 Å². The Morgan fingerprint density at radius 2 is 1.45 bits per heavy atom. The molecule has 0 unspecified atom stereocenters. The third kappa shape index (κ3) is 8.20. The number of aryl methyl sites for hydroxylation is 1. The van der Waals surface area contributed by atoms with Gasteiger partial charge in [-0.3, -0.25) is 9.78 Å². The Kier molecular flexibility index (Phi) is 12.9. The number of benzene rings is 3. The number of pyridine rings is 1. The third-order valence-electron chi connectivity index (χ3n) is 11.6. The van der Waals surface area contributed by atoms with E-state index in [1.165, 1.54) is 22.6 Å². The zero-order valence-electron chi connectivity index (χ0n) is 33.8. The fourth-order valence-electron chi connectivity index (χ4n) is 6.94. The van der Waals surface area contributed by atoms with Crippen molar-refractivity contribution in [3.05, 3.63) is 89.5 Å². The van der Waals surface area contributed by atoms with Gasteiger partial charge in [0.05, 0.1) is 0 Å². The van der Waals surface area contributed by atoms with Gasteiger partial charge in [0.25, 0.3) is 0 Å². The molecule has 0 amide bonds. The molecule has 0 fully saturated rings. The summed E-state index contributed by atoms with van der Waals surface area (Å²) >= 11 is 0. The van der Waals surface area contributed by atoms with Crippen LogP contribution in [0.2, 0.25) is 0 Å². The van der Waals surface area contributed by atoms with Crippen LogP contribution in [-0.2, 0) is 36.7 Å². The second-order valence-electron chi connectivity index (χ2n) is 16.5. The van der Waals surface area contributed by atoms with E-state index in [-0.39, 0.29) is 47.9 Å². The minimum absolute atomic E-state index is 0. The van der Waals surface area contributed by atoms with Gasteiger partial charge in [0.15, 0.2) is 16.9 Å². The van der Waals surface area contributed by atoms with E-state index >= 15 is 0 Å². The first-order valence-electron chi connectivity index (χ1n) is 19.1. The molecule has 6 heteroatoms. The molecular formula is C47H58IrNO4-. The number of carbonyl (C=O) groups excluding carboxylic acids is 1. The molecule has 3 aromatic heterocycles. The summed E-state index contributed by atoms with van der Waals surface area (Å²) in [6, 6.07) is 20.6. The van der Waals surface area contributed by atoms with Crippen LogP contribution in [0.4, 0.5) is 0 Å². The average molecular weight is 893 g/mol. The Morgan fingerprint density at radius 1 is 0.849 bits per heavy atom. The van der Waals surface area contributed by atoms with Crippen molar-refractivity contribution < 1.29 is 38.8 Å². The molecule has 3 heterocycles. The number of nitrogens with zero attached hydrogens (tertiary/aromatic N) is 1. The van der Waals surface area contributed by atoms with E-state index in [1.54, 1.807) is 0 Å². The number of ketones is 1. The maximum atomic E-state index is 12.2. The molecule has 285 valence electrons. The minimum atomic E-state index is -0.337. The molecule has 1 N–H and O–H groups in total. The second kappa shape index (κ2) is 16.3. The first-order valence-corrected chi connectivity index (χ1v) is 19.1. The van der Waals surface area contributed by atoms with Gasteiger partial charge in [0.2, 0.25) is 0 Å². The fourth-order valence-corrected chi connectivity index (χ4v) is 6.94. The molecule has 6 aromatic rings. The number of aromatic nitrogens is 1. The summed E-state index contributed by atoms with van der Waals surface area (Å²) in [4.78, 5) is 17.0. The largest absolute Gasteiger partial charge is 0.512 e. The molecule has 0 aliphatic heterocycles. The van der Waals surface area contributed by atoms with E-state index in [0.717, 1.165) is 87.4 Å². The topological polar surface area (TPSA) is 76.5 Å². The standard InChI is InChI=1S/C32H30NO2.C15H28O2.Ir/c1-18(2)15-27-19(3)22-11-12-24-28-26(34-31(24)30(22)35-27)13-14-33-29(28)21-16-20-9-7-8-10-23(20)25(17-21)32(4,5)6;1-7-14(5,8-2)12(16)11-13(17)15(6,9-3)10-4;/h7-14,17-18H,15H2,1-6H3;11,16H,7-10H2,1-6H3;/q-1;;/b;12-11-;. The SMILES string of the molecule is CCC(C)(CC)C(=O)/C=C(\O)C(C)(CC)CC.Cc1c(CC(C)C)oc2c1ccc1c2oc2ccnc(-c3[c-]c4ccccc4c(C(C)(C)C)c3)c21.[Ir]. The first-order chi connectivity index (χ1) is 24.5. The van der Waals surface area contributed by atoms with Crippen LogP contribution in [0.5, 0.6) is 0 Å². The van der Waals surface area contributed by atoms with Crippen molar-refractivity contribution in [2.45, 2.75) is 121 Å². The predicted octanol–water partition coefficient (Wildman–Crippen LogP) is 13.8. The Hall–Kier alpha value is -3.73. The van der Waals surface area contributed by atoms with Crippen LogP contribution >= 0.6 is 0 Å². The molecule has 0 aliphatic rings. The summed E-state index contributed by atoms with van der Waals surface area (Å²) in [6.45, 7) is 25.4. The summed E-state index contributed by atoms with van der Waals surface area (Å²) in [6.07, 6.45) is 7.50. The summed E-state index contributed by atoms with van der Waals surface area (Å²) in [5, 5.41) is 15.6. The molecular weight excluding hydrogens is 835 g/mol. The molecule has 0 bridgehead atoms. The first kappa shape index (κ1) is 42.0. The monoisotopic (exact) mass is 893 g/mol. The molecule has 0 spiro atoms. The third-order valence-corrected chi connectivity index (χ3v) is 11.6. The number of allylic oxidation sites excluding steroid dienone is 2. The summed E-state index contributed by atoms with van der Waals surface area (Å²) < 4.78 is 12.8. The van der Waals surface area contributed by atoms with Crippen molar-refractivity contribution in [3.8, 4) is 11.3 Å². The number of furan rings is 2. The number of rotatable bonds is 10. The molecule has 53 heavy (non-hydrogen) atoms. The number of carbonyl (C=O) groups is 1. The zero-order chi connectivity index (χ0) is 38.2. The van der Waals surface area contributed by atoms with Gasteiger partial charge < -0.3 is 13.9 Å². The molecule has 0 saturated heterocycles. The van der Waals surface area contributed by atoms with E-state index < -0.39 is 0 Å². The van der Waals surface area contributed by atoms with E-state index in [1.807, 2.05) is 53.8 Å². The van der Waals surface area contributed by atoms with Crippen LogP contribution in [0, 0.1) is 29.7 Å². The molecule has 0 atom stereocenters. The number of fused-ring (bicyclic) bond motifs is 6. The molecule has 0 saturated carbocycles. The quantitative estimate of drug-likeness (QED) is 0.0842. The second-order valence-corrected chi connectivity index (χ2v) is 16.5. The van der Waals surface area contributed by atoms with E-state index in [9.17, 15) is 9.90 Å². The average Bonchev–Trinajstić information content (AvgIpc) is 3.66. The number of aliphatic hydroxyl groups excluding tert-OH is 1. The minimum Gasteiger partial charge on any atom is -0.512 e. The van der Waals surface area contributed by atoms with Gasteiger partial charge >= 0.3 is 0 Å². The van der Waals surface area contributed by atoms with E-state index in [4.69, 9.17) is 13.8 Å². The number of hydrogen-bond donors (Lipinski definition) is 1. The van der Waals surface area contributed by atoms with Crippen LogP contribution < -0.4 is 0 Å². The summed E-state index contributed by atoms with van der Waals surface area (Å²) in [5.41, 5.74) is 6.19. The van der Waals surface area contributed by atoms with Gasteiger partial charge in [-0.15, -0.1) is 29.1 Å². The van der Waals surface area contributed by atoms with Gasteiger partial charge in [-0.1, -0.05) is 111 Å². The van der Waals surface area contributed by atoms with Crippen molar-refractivity contribution in [1.82, 2.24) is 4.98 Å². The van der Waals surface area contributed by atoms with Crippen LogP contribution in [0.15, 0.2) is 75.4 Å². The van der Waals surface area contributed by atoms with Gasteiger partial charge in [-0.2, -0.15) is 0 Å². The smallest absolute Gasteiger partial charge is 0.177 e. The Bertz CT molecular complexity index is 2250. The molecule has 3 aromatic carbocycles. The van der Waals surface area contributed by atoms with Gasteiger partial charge in [-0.05, 0) is 61.6 Å². The van der Waals surface area contributed by atoms with Crippen LogP contribution in [0.25, 0.3) is 54.9 Å². The van der Waals surface area contributed by atoms with Crippen molar-refractivity contribution in [3.63, 3.8) is 0 Å². The number of hydrogen-bond acceptors (Lipinski definition) is 5.